The normalized spacial score (nSPS) is 23.1. The summed E-state index contributed by atoms with van der Waals surface area (Å²) in [6.45, 7) is 4.25. The lowest BCUT2D eigenvalue weighted by atomic mass is 9.73. The minimum atomic E-state index is -0.237. The maximum absolute atomic E-state index is 12.7. The number of hydrogen-bond donors (Lipinski definition) is 2. The largest absolute Gasteiger partial charge is 0.394 e. The molecule has 0 bridgehead atoms. The molecule has 0 unspecified atom stereocenters. The molecule has 2 N–H and O–H groups in total. The molecule has 0 spiro atoms. The molecule has 0 aromatic heterocycles. The molecule has 2 aliphatic rings. The Morgan fingerprint density at radius 1 is 1.10 bits per heavy atom. The third kappa shape index (κ3) is 4.35. The number of nitrogens with zero attached hydrogens (tertiary/aromatic N) is 2. The molecular formula is C25H29N3O3. The van der Waals surface area contributed by atoms with Crippen LogP contribution in [0.25, 0.3) is 12.2 Å². The van der Waals surface area contributed by atoms with E-state index in [0.717, 1.165) is 16.7 Å². The molecule has 0 saturated carbocycles. The van der Waals surface area contributed by atoms with E-state index in [1.165, 1.54) is 0 Å². The van der Waals surface area contributed by atoms with E-state index in [0.29, 0.717) is 6.54 Å². The summed E-state index contributed by atoms with van der Waals surface area (Å²) < 4.78 is 0. The molecule has 2 fully saturated rings. The fourth-order valence-electron chi connectivity index (χ4n) is 4.58. The number of aliphatic hydroxyl groups is 1. The smallest absolute Gasteiger partial charge is 0.318 e. The summed E-state index contributed by atoms with van der Waals surface area (Å²) in [4.78, 5) is 28.4. The number of amides is 3. The van der Waals surface area contributed by atoms with E-state index < -0.39 is 0 Å². The van der Waals surface area contributed by atoms with Gasteiger partial charge in [0.2, 0.25) is 5.91 Å². The first-order valence-electron chi connectivity index (χ1n) is 10.8. The van der Waals surface area contributed by atoms with Gasteiger partial charge < -0.3 is 20.2 Å². The first-order valence-corrected chi connectivity index (χ1v) is 10.8. The topological polar surface area (TPSA) is 72.9 Å². The Morgan fingerprint density at radius 3 is 2.35 bits per heavy atom. The highest BCUT2D eigenvalue weighted by Gasteiger charge is 2.54. The van der Waals surface area contributed by atoms with Crippen LogP contribution in [-0.2, 0) is 4.79 Å². The van der Waals surface area contributed by atoms with Crippen LogP contribution in [-0.4, -0.2) is 64.7 Å². The highest BCUT2D eigenvalue weighted by Crippen LogP contribution is 2.42. The molecule has 3 amide bonds. The van der Waals surface area contributed by atoms with E-state index >= 15 is 0 Å². The molecule has 31 heavy (non-hydrogen) atoms. The fourth-order valence-corrected chi connectivity index (χ4v) is 4.58. The molecule has 2 aromatic rings. The number of carbonyl (C=O) groups is 2. The molecule has 2 aliphatic heterocycles. The van der Waals surface area contributed by atoms with Gasteiger partial charge in [0.1, 0.15) is 6.54 Å². The fraction of sp³-hybridized carbons (Fsp3) is 0.360. The molecule has 6 nitrogen and oxygen atoms in total. The Kier molecular flexibility index (Phi) is 6.09. The zero-order valence-electron chi connectivity index (χ0n) is 17.9. The van der Waals surface area contributed by atoms with E-state index in [2.05, 4.69) is 53.9 Å². The summed E-state index contributed by atoms with van der Waals surface area (Å²) in [5.74, 6) is -0.0939. The molecule has 3 atom stereocenters. The molecule has 6 heteroatoms. The number of urea groups is 1. The second-order valence-electron chi connectivity index (χ2n) is 8.54. The van der Waals surface area contributed by atoms with Crippen LogP contribution in [0.1, 0.15) is 36.5 Å². The molecular weight excluding hydrogens is 390 g/mol. The van der Waals surface area contributed by atoms with Crippen molar-refractivity contribution in [3.05, 3.63) is 71.3 Å². The van der Waals surface area contributed by atoms with Gasteiger partial charge in [-0.1, -0.05) is 66.7 Å². The molecule has 2 heterocycles. The van der Waals surface area contributed by atoms with Crippen LogP contribution < -0.4 is 5.32 Å². The van der Waals surface area contributed by atoms with E-state index in [1.807, 2.05) is 32.0 Å². The average Bonchev–Trinajstić information content (AvgIpc) is 2.74. The van der Waals surface area contributed by atoms with E-state index in [9.17, 15) is 14.7 Å². The zero-order chi connectivity index (χ0) is 22.0. The third-order valence-corrected chi connectivity index (χ3v) is 6.04. The van der Waals surface area contributed by atoms with Crippen LogP contribution in [0, 0.1) is 0 Å². The Bertz CT molecular complexity index is 956. The van der Waals surface area contributed by atoms with Crippen molar-refractivity contribution < 1.29 is 14.7 Å². The van der Waals surface area contributed by atoms with E-state index in [-0.39, 0.29) is 49.1 Å². The van der Waals surface area contributed by atoms with Crippen LogP contribution in [0.15, 0.2) is 54.6 Å². The van der Waals surface area contributed by atoms with E-state index in [4.69, 9.17) is 0 Å². The number of carbonyl (C=O) groups excluding carboxylic acids is 2. The van der Waals surface area contributed by atoms with Gasteiger partial charge in [0.15, 0.2) is 0 Å². The number of fused-ring (bicyclic) bond motifs is 1. The van der Waals surface area contributed by atoms with Gasteiger partial charge in [-0.25, -0.2) is 4.79 Å². The first kappa shape index (κ1) is 21.1. The molecule has 0 radical (unpaired) electrons. The summed E-state index contributed by atoms with van der Waals surface area (Å²) in [5.41, 5.74) is 3.31. The minimum absolute atomic E-state index is 0.00996. The van der Waals surface area contributed by atoms with Gasteiger partial charge in [-0.2, -0.15) is 0 Å². The lowest BCUT2D eigenvalue weighted by molar-refractivity contribution is -0.159. The van der Waals surface area contributed by atoms with Crippen molar-refractivity contribution in [3.63, 3.8) is 0 Å². The van der Waals surface area contributed by atoms with Gasteiger partial charge >= 0.3 is 6.03 Å². The van der Waals surface area contributed by atoms with Crippen LogP contribution >= 0.6 is 0 Å². The van der Waals surface area contributed by atoms with Crippen LogP contribution in [0.4, 0.5) is 4.79 Å². The maximum Gasteiger partial charge on any atom is 0.318 e. The number of hydrogen-bond acceptors (Lipinski definition) is 3. The van der Waals surface area contributed by atoms with Gasteiger partial charge in [0.25, 0.3) is 0 Å². The van der Waals surface area contributed by atoms with Gasteiger partial charge in [-0.05, 0) is 30.5 Å². The van der Waals surface area contributed by atoms with Gasteiger partial charge in [-0.15, -0.1) is 0 Å². The summed E-state index contributed by atoms with van der Waals surface area (Å²) in [5, 5.41) is 12.8. The van der Waals surface area contributed by atoms with Crippen molar-refractivity contribution in [1.82, 2.24) is 15.1 Å². The average molecular weight is 420 g/mol. The van der Waals surface area contributed by atoms with Crippen molar-refractivity contribution in [2.24, 2.45) is 0 Å². The second-order valence-corrected chi connectivity index (χ2v) is 8.54. The quantitative estimate of drug-likeness (QED) is 0.732. The number of aliphatic hydroxyl groups excluding tert-OH is 1. The standard InChI is InChI=1S/C25H29N3O3/c1-17(2)26-25(31)27-14-21-24(22(16-29)28(21)23(30)15-27)20-12-10-19(11-13-20)9-8-18-6-4-3-5-7-18/h3-13,17,21-22,24,29H,14-16H2,1-2H3,(H,26,31)/t21-,22+,24+/m0/s1. The van der Waals surface area contributed by atoms with Crippen LogP contribution in [0.2, 0.25) is 0 Å². The summed E-state index contributed by atoms with van der Waals surface area (Å²) >= 11 is 0. The SMILES string of the molecule is CC(C)NC(=O)N1CC(=O)N2[C@H](CO)[C@H](c3ccc(C=Cc4ccccc4)cc3)[C@@H]2C1. The molecule has 2 aromatic carbocycles. The molecule has 4 rings (SSSR count). The van der Waals surface area contributed by atoms with E-state index in [1.54, 1.807) is 9.80 Å². The third-order valence-electron chi connectivity index (χ3n) is 6.04. The predicted octanol–water partition coefficient (Wildman–Crippen LogP) is 2.95. The van der Waals surface area contributed by atoms with Crippen molar-refractivity contribution >= 4 is 24.1 Å². The monoisotopic (exact) mass is 419 g/mol. The Hall–Kier alpha value is -3.12. The van der Waals surface area contributed by atoms with Crippen molar-refractivity contribution in [2.75, 3.05) is 19.7 Å². The lowest BCUT2D eigenvalue weighted by Gasteiger charge is -2.58. The molecule has 162 valence electrons. The lowest BCUT2D eigenvalue weighted by Crippen LogP contribution is -2.74. The van der Waals surface area contributed by atoms with Crippen LogP contribution in [0.3, 0.4) is 0 Å². The number of rotatable bonds is 5. The maximum atomic E-state index is 12.7. The van der Waals surface area contributed by atoms with Crippen molar-refractivity contribution in [2.45, 2.75) is 37.9 Å². The summed E-state index contributed by atoms with van der Waals surface area (Å²) in [6, 6.07) is 17.8. The highest BCUT2D eigenvalue weighted by molar-refractivity contribution is 5.87. The van der Waals surface area contributed by atoms with Gasteiger partial charge in [0.05, 0.1) is 18.7 Å². The summed E-state index contributed by atoms with van der Waals surface area (Å²) in [6.07, 6.45) is 4.14. The first-order chi connectivity index (χ1) is 15.0. The number of piperazine rings is 1. The number of nitrogens with one attached hydrogen (secondary N) is 1. The van der Waals surface area contributed by atoms with Crippen molar-refractivity contribution in [3.8, 4) is 0 Å². The van der Waals surface area contributed by atoms with Gasteiger partial charge in [0, 0.05) is 18.5 Å². The van der Waals surface area contributed by atoms with Gasteiger partial charge in [-0.3, -0.25) is 4.79 Å². The highest BCUT2D eigenvalue weighted by atomic mass is 16.3. The van der Waals surface area contributed by atoms with Crippen LogP contribution in [0.5, 0.6) is 0 Å². The molecule has 0 aliphatic carbocycles. The Morgan fingerprint density at radius 2 is 1.74 bits per heavy atom. The number of benzene rings is 2. The summed E-state index contributed by atoms with van der Waals surface area (Å²) in [7, 11) is 0. The Balaban J connectivity index is 1.49. The van der Waals surface area contributed by atoms with Crippen molar-refractivity contribution in [1.29, 1.82) is 0 Å². The predicted molar refractivity (Wildman–Crippen MR) is 121 cm³/mol. The Labute approximate surface area is 183 Å². The minimum Gasteiger partial charge on any atom is -0.394 e. The zero-order valence-corrected chi connectivity index (χ0v) is 17.9. The second kappa shape index (κ2) is 8.94. The molecule has 2 saturated heterocycles.